The number of anilines is 1. The highest BCUT2D eigenvalue weighted by Gasteiger charge is 2.36. The summed E-state index contributed by atoms with van der Waals surface area (Å²) in [6, 6.07) is 18.4. The molecule has 0 unspecified atom stereocenters. The molecule has 6 rings (SSSR count). The van der Waals surface area contributed by atoms with E-state index >= 15 is 0 Å². The van der Waals surface area contributed by atoms with Crippen LogP contribution in [0.2, 0.25) is 5.02 Å². The van der Waals surface area contributed by atoms with Crippen LogP contribution in [0, 0.1) is 5.92 Å². The molecular formula is C38H46ClN7O4. The SMILES string of the molecule is O=C(NCCC[C@H](Cc1ccccc1)C(=O)N1CCC(O)(Cn2cnc(NCCN3CCCC3)cc2=O)CC1)c1ccc2c(Cl)ccnc2c1. The summed E-state index contributed by atoms with van der Waals surface area (Å²) in [5.41, 5.74) is 0.905. The van der Waals surface area contributed by atoms with Gasteiger partial charge in [-0.25, -0.2) is 4.98 Å². The Bertz CT molecular complexity index is 1820. The van der Waals surface area contributed by atoms with E-state index in [1.54, 1.807) is 30.5 Å². The van der Waals surface area contributed by atoms with Gasteiger partial charge >= 0.3 is 0 Å². The first-order valence-electron chi connectivity index (χ1n) is 17.7. The number of amides is 2. The van der Waals surface area contributed by atoms with Gasteiger partial charge in [-0.15, -0.1) is 0 Å². The predicted octanol–water partition coefficient (Wildman–Crippen LogP) is 4.38. The lowest BCUT2D eigenvalue weighted by molar-refractivity contribution is -0.140. The molecule has 3 N–H and O–H groups in total. The van der Waals surface area contributed by atoms with E-state index in [2.05, 4.69) is 25.5 Å². The number of nitrogens with zero attached hydrogens (tertiary/aromatic N) is 5. The van der Waals surface area contributed by atoms with Crippen LogP contribution in [-0.4, -0.2) is 92.7 Å². The molecule has 4 heterocycles. The standard InChI is InChI=1S/C38H46ClN7O4/c39-32-12-16-40-33-24-29(10-11-31(32)33)36(48)42-15-6-9-30(23-28-7-2-1-3-8-28)37(49)45-20-13-38(50,14-21-45)26-46-27-43-34(25-35(46)47)41-17-22-44-18-4-5-19-44/h1-3,7-8,10-12,16,24-25,27,30,41,50H,4-6,9,13-15,17-23,26H2,(H,42,48)/t30-/m1/s1. The minimum atomic E-state index is -1.12. The Balaban J connectivity index is 1.01. The van der Waals surface area contributed by atoms with Crippen molar-refractivity contribution in [2.45, 2.75) is 57.1 Å². The van der Waals surface area contributed by atoms with Gasteiger partial charge < -0.3 is 25.5 Å². The van der Waals surface area contributed by atoms with E-state index in [9.17, 15) is 19.5 Å². The van der Waals surface area contributed by atoms with Crippen molar-refractivity contribution in [3.05, 3.63) is 99.7 Å². The normalized spacial score (nSPS) is 16.7. The summed E-state index contributed by atoms with van der Waals surface area (Å²) in [5, 5.41) is 19.0. The molecule has 50 heavy (non-hydrogen) atoms. The summed E-state index contributed by atoms with van der Waals surface area (Å²) < 4.78 is 1.46. The molecule has 11 nitrogen and oxygen atoms in total. The third-order valence-corrected chi connectivity index (χ3v) is 10.3. The van der Waals surface area contributed by atoms with Gasteiger partial charge in [0.1, 0.15) is 5.82 Å². The molecule has 2 aromatic heterocycles. The largest absolute Gasteiger partial charge is 0.388 e. The molecule has 264 valence electrons. The second-order valence-corrected chi connectivity index (χ2v) is 14.0. The quantitative estimate of drug-likeness (QED) is 0.165. The maximum atomic E-state index is 13.9. The zero-order valence-electron chi connectivity index (χ0n) is 28.4. The van der Waals surface area contributed by atoms with Crippen molar-refractivity contribution in [1.29, 1.82) is 0 Å². The lowest BCUT2D eigenvalue weighted by Gasteiger charge is -2.39. The van der Waals surface area contributed by atoms with Gasteiger partial charge in [0.25, 0.3) is 11.5 Å². The number of likely N-dealkylation sites (tertiary alicyclic amines) is 2. The van der Waals surface area contributed by atoms with E-state index < -0.39 is 5.60 Å². The number of piperidine rings is 1. The summed E-state index contributed by atoms with van der Waals surface area (Å²) in [5.74, 6) is 0.110. The van der Waals surface area contributed by atoms with E-state index in [4.69, 9.17) is 11.6 Å². The zero-order valence-corrected chi connectivity index (χ0v) is 29.2. The van der Waals surface area contributed by atoms with Gasteiger partial charge in [0.05, 0.1) is 29.0 Å². The maximum Gasteiger partial charge on any atom is 0.255 e. The summed E-state index contributed by atoms with van der Waals surface area (Å²) in [6.07, 6.45) is 8.13. The third kappa shape index (κ3) is 9.26. The second-order valence-electron chi connectivity index (χ2n) is 13.6. The van der Waals surface area contributed by atoms with E-state index in [1.807, 2.05) is 35.2 Å². The van der Waals surface area contributed by atoms with Crippen molar-refractivity contribution in [3.8, 4) is 0 Å². The minimum Gasteiger partial charge on any atom is -0.388 e. The lowest BCUT2D eigenvalue weighted by Crippen LogP contribution is -2.51. The first kappa shape index (κ1) is 35.5. The average molecular weight is 700 g/mol. The third-order valence-electron chi connectivity index (χ3n) is 9.92. The van der Waals surface area contributed by atoms with Crippen LogP contribution in [0.4, 0.5) is 5.82 Å². The molecule has 2 aliphatic heterocycles. The molecule has 2 aromatic carbocycles. The Morgan fingerprint density at radius 3 is 2.50 bits per heavy atom. The lowest BCUT2D eigenvalue weighted by atomic mass is 9.88. The van der Waals surface area contributed by atoms with Gasteiger partial charge in [-0.1, -0.05) is 48.0 Å². The van der Waals surface area contributed by atoms with Gasteiger partial charge in [0.2, 0.25) is 5.91 Å². The Morgan fingerprint density at radius 1 is 0.960 bits per heavy atom. The molecule has 0 saturated carbocycles. The Kier molecular flexibility index (Phi) is 11.8. The first-order valence-corrected chi connectivity index (χ1v) is 18.0. The van der Waals surface area contributed by atoms with Gasteiger partial charge in [-0.3, -0.25) is 23.9 Å². The number of hydrogen-bond donors (Lipinski definition) is 3. The van der Waals surface area contributed by atoms with Gasteiger partial charge in [-0.05, 0) is 81.8 Å². The number of nitrogens with one attached hydrogen (secondary N) is 2. The topological polar surface area (TPSA) is 133 Å². The predicted molar refractivity (Wildman–Crippen MR) is 195 cm³/mol. The number of hydrogen-bond acceptors (Lipinski definition) is 8. The van der Waals surface area contributed by atoms with E-state index in [0.29, 0.717) is 73.7 Å². The number of aliphatic hydroxyl groups is 1. The van der Waals surface area contributed by atoms with Crippen LogP contribution in [-0.2, 0) is 17.8 Å². The number of fused-ring (bicyclic) bond motifs is 1. The first-order chi connectivity index (χ1) is 24.3. The fourth-order valence-corrected chi connectivity index (χ4v) is 7.20. The van der Waals surface area contributed by atoms with Crippen molar-refractivity contribution in [3.63, 3.8) is 0 Å². The molecule has 2 amide bonds. The second kappa shape index (κ2) is 16.6. The highest BCUT2D eigenvalue weighted by Crippen LogP contribution is 2.27. The molecule has 2 saturated heterocycles. The smallest absolute Gasteiger partial charge is 0.255 e. The molecule has 0 spiro atoms. The van der Waals surface area contributed by atoms with Crippen LogP contribution in [0.25, 0.3) is 10.9 Å². The Hall–Kier alpha value is -4.32. The van der Waals surface area contributed by atoms with Crippen molar-refractivity contribution in [2.75, 3.05) is 51.1 Å². The Labute approximate surface area is 297 Å². The fraction of sp³-hybridized carbons (Fsp3) is 0.447. The fourth-order valence-electron chi connectivity index (χ4n) is 6.98. The molecule has 1 atom stereocenters. The molecular weight excluding hydrogens is 654 g/mol. The van der Waals surface area contributed by atoms with Crippen molar-refractivity contribution in [2.24, 2.45) is 5.92 Å². The minimum absolute atomic E-state index is 0.0444. The number of aromatic nitrogens is 3. The van der Waals surface area contributed by atoms with Crippen LogP contribution >= 0.6 is 11.6 Å². The van der Waals surface area contributed by atoms with Crippen molar-refractivity contribution < 1.29 is 14.7 Å². The molecule has 4 aromatic rings. The number of rotatable bonds is 14. The van der Waals surface area contributed by atoms with Gasteiger partial charge in [0, 0.05) is 61.9 Å². The van der Waals surface area contributed by atoms with E-state index in [1.165, 1.54) is 29.8 Å². The van der Waals surface area contributed by atoms with Crippen LogP contribution in [0.1, 0.15) is 54.4 Å². The number of carbonyl (C=O) groups is 2. The monoisotopic (exact) mass is 699 g/mol. The molecule has 2 fully saturated rings. The summed E-state index contributed by atoms with van der Waals surface area (Å²) >= 11 is 6.24. The van der Waals surface area contributed by atoms with Crippen LogP contribution < -0.4 is 16.2 Å². The highest BCUT2D eigenvalue weighted by molar-refractivity contribution is 6.35. The summed E-state index contributed by atoms with van der Waals surface area (Å²) in [7, 11) is 0. The summed E-state index contributed by atoms with van der Waals surface area (Å²) in [4.78, 5) is 52.7. The summed E-state index contributed by atoms with van der Waals surface area (Å²) in [6.45, 7) is 5.23. The maximum absolute atomic E-state index is 13.9. The average Bonchev–Trinajstić information content (AvgIpc) is 3.65. The zero-order chi connectivity index (χ0) is 34.9. The van der Waals surface area contributed by atoms with E-state index in [0.717, 1.165) is 37.1 Å². The van der Waals surface area contributed by atoms with Crippen LogP contribution in [0.3, 0.4) is 0 Å². The molecule has 0 aliphatic carbocycles. The van der Waals surface area contributed by atoms with Gasteiger partial charge in [-0.2, -0.15) is 0 Å². The molecule has 12 heteroatoms. The van der Waals surface area contributed by atoms with Crippen LogP contribution in [0.5, 0.6) is 0 Å². The number of carbonyl (C=O) groups excluding carboxylic acids is 2. The number of halogens is 1. The van der Waals surface area contributed by atoms with Gasteiger partial charge in [0.15, 0.2) is 0 Å². The molecule has 0 bridgehead atoms. The molecule has 0 radical (unpaired) electrons. The Morgan fingerprint density at radius 2 is 1.74 bits per heavy atom. The van der Waals surface area contributed by atoms with E-state index in [-0.39, 0.29) is 29.8 Å². The number of benzene rings is 2. The van der Waals surface area contributed by atoms with Crippen LogP contribution in [0.15, 0.2) is 78.0 Å². The molecule has 2 aliphatic rings. The highest BCUT2D eigenvalue weighted by atomic mass is 35.5. The number of pyridine rings is 1. The van der Waals surface area contributed by atoms with Crippen molar-refractivity contribution in [1.82, 2.24) is 29.7 Å². The van der Waals surface area contributed by atoms with Crippen molar-refractivity contribution >= 4 is 40.1 Å².